The van der Waals surface area contributed by atoms with Crippen LogP contribution in [0.4, 0.5) is 0 Å². The van der Waals surface area contributed by atoms with Gasteiger partial charge in [0.05, 0.1) is 0 Å². The molecule has 2 nitrogen and oxygen atoms in total. The van der Waals surface area contributed by atoms with Crippen molar-refractivity contribution in [3.8, 4) is 0 Å². The lowest BCUT2D eigenvalue weighted by molar-refractivity contribution is 1.14. The molecule has 0 aliphatic heterocycles. The van der Waals surface area contributed by atoms with Gasteiger partial charge >= 0.3 is 0 Å². The van der Waals surface area contributed by atoms with E-state index in [1.54, 1.807) is 12.3 Å². The predicted octanol–water partition coefficient (Wildman–Crippen LogP) is 2.32. The Kier molecular flexibility index (Phi) is 18.6. The van der Waals surface area contributed by atoms with Gasteiger partial charge in [0, 0.05) is 12.8 Å². The summed E-state index contributed by atoms with van der Waals surface area (Å²) in [5, 5.41) is 0. The predicted molar refractivity (Wildman–Crippen MR) is 49.1 cm³/mol. The molecule has 0 unspecified atom stereocenters. The quantitative estimate of drug-likeness (QED) is 0.424. The Balaban J connectivity index is 0. The van der Waals surface area contributed by atoms with Crippen molar-refractivity contribution < 1.29 is 0 Å². The van der Waals surface area contributed by atoms with E-state index < -0.39 is 0 Å². The molecule has 0 aromatic heterocycles. The first-order valence-electron chi connectivity index (χ1n) is 3.54. The molecule has 10 heavy (non-hydrogen) atoms. The summed E-state index contributed by atoms with van der Waals surface area (Å²) in [5.41, 5.74) is 0. The Hall–Kier alpha value is -0.920. The second-order valence-electron chi connectivity index (χ2n) is 1.15. The summed E-state index contributed by atoms with van der Waals surface area (Å²) < 4.78 is 0. The Labute approximate surface area is 63.4 Å². The van der Waals surface area contributed by atoms with Crippen molar-refractivity contribution >= 4 is 12.6 Å². The van der Waals surface area contributed by atoms with Crippen molar-refractivity contribution in [1.82, 2.24) is 0 Å². The number of aliphatic imine (C=N–C) groups is 2. The molecule has 0 aromatic rings. The topological polar surface area (TPSA) is 24.7 Å². The monoisotopic (exact) mass is 140 g/mol. The molecule has 0 spiro atoms. The zero-order chi connectivity index (χ0) is 8.24. The maximum atomic E-state index is 3.84. The molecule has 0 saturated carbocycles. The normalized spacial score (nSPS) is 9.50. The van der Waals surface area contributed by atoms with Crippen molar-refractivity contribution in [2.75, 3.05) is 6.54 Å². The van der Waals surface area contributed by atoms with E-state index >= 15 is 0 Å². The maximum absolute atomic E-state index is 3.84. The van der Waals surface area contributed by atoms with E-state index in [2.05, 4.69) is 16.6 Å². The SMILES string of the molecule is C=CC=NC=NCC.CC. The summed E-state index contributed by atoms with van der Waals surface area (Å²) in [6, 6.07) is 0. The third-order valence-corrected chi connectivity index (χ3v) is 0.522. The van der Waals surface area contributed by atoms with Gasteiger partial charge in [0.2, 0.25) is 0 Å². The van der Waals surface area contributed by atoms with E-state index in [0.717, 1.165) is 6.54 Å². The maximum Gasteiger partial charge on any atom is 0.109 e. The summed E-state index contributed by atoms with van der Waals surface area (Å²) in [6.07, 6.45) is 4.72. The van der Waals surface area contributed by atoms with Gasteiger partial charge in [0.15, 0.2) is 0 Å². The third-order valence-electron chi connectivity index (χ3n) is 0.522. The highest BCUT2D eigenvalue weighted by Gasteiger charge is 1.59. The molecule has 0 aromatic carbocycles. The Morgan fingerprint density at radius 3 is 2.40 bits per heavy atom. The van der Waals surface area contributed by atoms with E-state index in [1.165, 1.54) is 6.34 Å². The van der Waals surface area contributed by atoms with Gasteiger partial charge in [0.25, 0.3) is 0 Å². The van der Waals surface area contributed by atoms with Crippen LogP contribution in [0.3, 0.4) is 0 Å². The number of nitrogens with zero attached hydrogens (tertiary/aromatic N) is 2. The molecule has 0 N–H and O–H groups in total. The van der Waals surface area contributed by atoms with Gasteiger partial charge < -0.3 is 0 Å². The molecule has 0 aliphatic rings. The minimum absolute atomic E-state index is 0.786. The molecule has 58 valence electrons. The summed E-state index contributed by atoms with van der Waals surface area (Å²) in [4.78, 5) is 7.58. The molecule has 0 bridgehead atoms. The summed E-state index contributed by atoms with van der Waals surface area (Å²) in [7, 11) is 0. The first kappa shape index (κ1) is 11.8. The molecule has 0 aliphatic carbocycles. The first-order valence-corrected chi connectivity index (χ1v) is 3.54. The highest BCUT2D eigenvalue weighted by atomic mass is 14.8. The first-order chi connectivity index (χ1) is 4.91. The smallest absolute Gasteiger partial charge is 0.109 e. The third kappa shape index (κ3) is 15.7. The number of hydrogen-bond acceptors (Lipinski definition) is 1. The average molecular weight is 140 g/mol. The lowest BCUT2D eigenvalue weighted by Crippen LogP contribution is -1.69. The van der Waals surface area contributed by atoms with Gasteiger partial charge in [-0.3, -0.25) is 4.99 Å². The minimum Gasteiger partial charge on any atom is -0.274 e. The van der Waals surface area contributed by atoms with Crippen LogP contribution in [0.15, 0.2) is 22.6 Å². The van der Waals surface area contributed by atoms with Gasteiger partial charge in [-0.15, -0.1) is 0 Å². The van der Waals surface area contributed by atoms with E-state index in [0.29, 0.717) is 0 Å². The second-order valence-corrected chi connectivity index (χ2v) is 1.15. The highest BCUT2D eigenvalue weighted by Crippen LogP contribution is 1.63. The van der Waals surface area contributed by atoms with Crippen LogP contribution in [-0.4, -0.2) is 19.1 Å². The molecule has 0 saturated heterocycles. The molecule has 0 rings (SSSR count). The van der Waals surface area contributed by atoms with Gasteiger partial charge in [-0.1, -0.05) is 26.5 Å². The van der Waals surface area contributed by atoms with E-state index in [1.807, 2.05) is 20.8 Å². The minimum atomic E-state index is 0.786. The second kappa shape index (κ2) is 15.7. The van der Waals surface area contributed by atoms with Crippen molar-refractivity contribution in [3.05, 3.63) is 12.7 Å². The fourth-order valence-electron chi connectivity index (χ4n) is 0.228. The molecule has 0 radical (unpaired) electrons. The molecular weight excluding hydrogens is 124 g/mol. The lowest BCUT2D eigenvalue weighted by atomic mass is 10.7. The molecule has 2 heteroatoms. The van der Waals surface area contributed by atoms with Gasteiger partial charge in [0.1, 0.15) is 6.34 Å². The van der Waals surface area contributed by atoms with Gasteiger partial charge in [-0.05, 0) is 6.92 Å². The average Bonchev–Trinajstić information content (AvgIpc) is 2.02. The van der Waals surface area contributed by atoms with Crippen LogP contribution < -0.4 is 0 Å². The standard InChI is InChI=1S/C6H10N2.C2H6/c1-3-5-8-6-7-4-2;1-2/h3,5-6H,1,4H2,2H3;1-2H3. The molecule has 0 amide bonds. The Morgan fingerprint density at radius 2 is 2.00 bits per heavy atom. The molecule has 0 fully saturated rings. The number of rotatable bonds is 3. The van der Waals surface area contributed by atoms with Crippen molar-refractivity contribution in [1.29, 1.82) is 0 Å². The lowest BCUT2D eigenvalue weighted by Gasteiger charge is -1.73. The number of allylic oxidation sites excluding steroid dienone is 1. The zero-order valence-corrected chi connectivity index (χ0v) is 7.04. The molecule has 0 atom stereocenters. The fourth-order valence-corrected chi connectivity index (χ4v) is 0.228. The van der Waals surface area contributed by atoms with Crippen molar-refractivity contribution in [2.24, 2.45) is 9.98 Å². The van der Waals surface area contributed by atoms with Crippen LogP contribution in [0, 0.1) is 0 Å². The van der Waals surface area contributed by atoms with Crippen LogP contribution in [0.2, 0.25) is 0 Å². The summed E-state index contributed by atoms with van der Waals surface area (Å²) >= 11 is 0. The summed E-state index contributed by atoms with van der Waals surface area (Å²) in [6.45, 7) is 10.2. The van der Waals surface area contributed by atoms with E-state index in [-0.39, 0.29) is 0 Å². The zero-order valence-electron chi connectivity index (χ0n) is 7.04. The van der Waals surface area contributed by atoms with Crippen molar-refractivity contribution in [3.63, 3.8) is 0 Å². The highest BCUT2D eigenvalue weighted by molar-refractivity contribution is 5.79. The van der Waals surface area contributed by atoms with Crippen LogP contribution >= 0.6 is 0 Å². The van der Waals surface area contributed by atoms with Crippen LogP contribution in [0.25, 0.3) is 0 Å². The Bertz CT molecular complexity index is 104. The molecular formula is C8H16N2. The Morgan fingerprint density at radius 1 is 1.40 bits per heavy atom. The van der Waals surface area contributed by atoms with Crippen molar-refractivity contribution in [2.45, 2.75) is 20.8 Å². The van der Waals surface area contributed by atoms with Crippen LogP contribution in [0.5, 0.6) is 0 Å². The summed E-state index contributed by atoms with van der Waals surface area (Å²) in [5.74, 6) is 0. The van der Waals surface area contributed by atoms with Crippen LogP contribution in [0.1, 0.15) is 20.8 Å². The van der Waals surface area contributed by atoms with E-state index in [4.69, 9.17) is 0 Å². The van der Waals surface area contributed by atoms with Gasteiger partial charge in [-0.25, -0.2) is 4.99 Å². The van der Waals surface area contributed by atoms with E-state index in [9.17, 15) is 0 Å². The largest absolute Gasteiger partial charge is 0.274 e. The van der Waals surface area contributed by atoms with Crippen LogP contribution in [-0.2, 0) is 0 Å². The number of hydrogen-bond donors (Lipinski definition) is 0. The molecule has 0 heterocycles. The fraction of sp³-hybridized carbons (Fsp3) is 0.500. The van der Waals surface area contributed by atoms with Gasteiger partial charge in [-0.2, -0.15) is 0 Å².